The molecule has 1 saturated heterocycles. The van der Waals surface area contributed by atoms with Gasteiger partial charge in [0.1, 0.15) is 6.10 Å². The highest BCUT2D eigenvalue weighted by atomic mass is 16.5. The molecule has 190 valence electrons. The van der Waals surface area contributed by atoms with Crippen LogP contribution in [0.1, 0.15) is 25.8 Å². The standard InChI is InChI=1S/C30H27N5O3/c1-30(2,18-31)21-6-8-22(9-7-21)35-28-24-14-19(4-10-25(24)32-16-26(28)34(3)29(35)36)20-5-11-27(33-15-20)38-23-12-13-37-17-23/h4-11,14-16,23H,12-13,17H2,1-3H3. The van der Waals surface area contributed by atoms with E-state index in [4.69, 9.17) is 9.47 Å². The van der Waals surface area contributed by atoms with Crippen LogP contribution in [0.2, 0.25) is 0 Å². The third kappa shape index (κ3) is 4.01. The topological polar surface area (TPSA) is 95.0 Å². The normalized spacial score (nSPS) is 15.7. The maximum atomic E-state index is 13.4. The lowest BCUT2D eigenvalue weighted by Gasteiger charge is -2.16. The van der Waals surface area contributed by atoms with E-state index in [0.717, 1.165) is 57.3 Å². The van der Waals surface area contributed by atoms with E-state index in [1.807, 2.05) is 62.4 Å². The van der Waals surface area contributed by atoms with Crippen molar-refractivity contribution in [2.24, 2.45) is 7.05 Å². The van der Waals surface area contributed by atoms with Crippen LogP contribution in [0.3, 0.4) is 0 Å². The van der Waals surface area contributed by atoms with Gasteiger partial charge in [0.05, 0.1) is 53.1 Å². The Kier molecular flexibility index (Phi) is 5.73. The number of aromatic nitrogens is 4. The molecule has 0 radical (unpaired) electrons. The molecule has 0 saturated carbocycles. The zero-order valence-electron chi connectivity index (χ0n) is 21.5. The van der Waals surface area contributed by atoms with Gasteiger partial charge in [0.25, 0.3) is 0 Å². The second-order valence-electron chi connectivity index (χ2n) is 10.2. The Hall–Kier alpha value is -4.48. The van der Waals surface area contributed by atoms with E-state index in [9.17, 15) is 10.1 Å². The lowest BCUT2D eigenvalue weighted by Crippen LogP contribution is -2.21. The van der Waals surface area contributed by atoms with Gasteiger partial charge >= 0.3 is 5.69 Å². The average Bonchev–Trinajstić information content (AvgIpc) is 3.55. The van der Waals surface area contributed by atoms with Crippen molar-refractivity contribution in [3.63, 3.8) is 0 Å². The molecule has 3 aromatic heterocycles. The van der Waals surface area contributed by atoms with Crippen LogP contribution in [0, 0.1) is 11.3 Å². The van der Waals surface area contributed by atoms with Crippen molar-refractivity contribution in [1.29, 1.82) is 5.26 Å². The van der Waals surface area contributed by atoms with Crippen LogP contribution < -0.4 is 10.4 Å². The zero-order chi connectivity index (χ0) is 26.4. The molecule has 1 aliphatic heterocycles. The Balaban J connectivity index is 1.45. The number of hydrogen-bond acceptors (Lipinski definition) is 6. The predicted octanol–water partition coefficient (Wildman–Crippen LogP) is 4.91. The molecule has 4 heterocycles. The summed E-state index contributed by atoms with van der Waals surface area (Å²) in [5.41, 5.74) is 5.06. The molecule has 0 aliphatic carbocycles. The molecule has 0 N–H and O–H groups in total. The van der Waals surface area contributed by atoms with E-state index < -0.39 is 5.41 Å². The molecule has 8 heteroatoms. The number of nitrogens with zero attached hydrogens (tertiary/aromatic N) is 5. The lowest BCUT2D eigenvalue weighted by molar-refractivity contribution is 0.138. The maximum Gasteiger partial charge on any atom is 0.333 e. The minimum absolute atomic E-state index is 0.0447. The smallest absolute Gasteiger partial charge is 0.333 e. The Morgan fingerprint density at radius 1 is 1.05 bits per heavy atom. The Morgan fingerprint density at radius 2 is 1.84 bits per heavy atom. The number of aryl methyl sites for hydroxylation is 1. The van der Waals surface area contributed by atoms with Crippen molar-refractivity contribution in [2.75, 3.05) is 13.2 Å². The fourth-order valence-electron chi connectivity index (χ4n) is 4.91. The first-order chi connectivity index (χ1) is 18.4. The fourth-order valence-corrected chi connectivity index (χ4v) is 4.91. The largest absolute Gasteiger partial charge is 0.472 e. The van der Waals surface area contributed by atoms with Gasteiger partial charge in [-0.05, 0) is 55.3 Å². The van der Waals surface area contributed by atoms with E-state index in [0.29, 0.717) is 12.5 Å². The number of benzene rings is 2. The highest BCUT2D eigenvalue weighted by Crippen LogP contribution is 2.31. The summed E-state index contributed by atoms with van der Waals surface area (Å²) in [5.74, 6) is 0.578. The van der Waals surface area contributed by atoms with Crippen LogP contribution in [0.4, 0.5) is 0 Å². The molecule has 0 amide bonds. The number of imidazole rings is 1. The lowest BCUT2D eigenvalue weighted by atomic mass is 9.86. The zero-order valence-corrected chi connectivity index (χ0v) is 21.5. The van der Waals surface area contributed by atoms with Crippen LogP contribution in [-0.4, -0.2) is 38.4 Å². The van der Waals surface area contributed by atoms with Crippen LogP contribution in [0.25, 0.3) is 38.8 Å². The first-order valence-corrected chi connectivity index (χ1v) is 12.6. The molecule has 5 aromatic rings. The number of fused-ring (bicyclic) bond motifs is 3. The molecule has 38 heavy (non-hydrogen) atoms. The number of ether oxygens (including phenoxy) is 2. The predicted molar refractivity (Wildman–Crippen MR) is 146 cm³/mol. The van der Waals surface area contributed by atoms with Crippen LogP contribution in [0.5, 0.6) is 5.88 Å². The van der Waals surface area contributed by atoms with Crippen LogP contribution in [-0.2, 0) is 17.2 Å². The number of hydrogen-bond donors (Lipinski definition) is 0. The van der Waals surface area contributed by atoms with Crippen molar-refractivity contribution in [3.05, 3.63) is 83.0 Å². The van der Waals surface area contributed by atoms with Crippen molar-refractivity contribution in [3.8, 4) is 28.8 Å². The SMILES string of the molecule is Cn1c(=O)n(-c2ccc(C(C)(C)C#N)cc2)c2c3cc(-c4ccc(OC5CCOC5)nc4)ccc3ncc21. The minimum Gasteiger partial charge on any atom is -0.472 e. The van der Waals surface area contributed by atoms with E-state index >= 15 is 0 Å². The maximum absolute atomic E-state index is 13.4. The van der Waals surface area contributed by atoms with Gasteiger partial charge < -0.3 is 9.47 Å². The van der Waals surface area contributed by atoms with E-state index in [2.05, 4.69) is 22.1 Å². The quantitative estimate of drug-likeness (QED) is 0.337. The second kappa shape index (κ2) is 9.12. The highest BCUT2D eigenvalue weighted by molar-refractivity contribution is 6.04. The van der Waals surface area contributed by atoms with Gasteiger partial charge in [0, 0.05) is 36.7 Å². The van der Waals surface area contributed by atoms with Gasteiger partial charge in [-0.2, -0.15) is 5.26 Å². The summed E-state index contributed by atoms with van der Waals surface area (Å²) in [4.78, 5) is 22.5. The molecule has 1 aliphatic rings. The van der Waals surface area contributed by atoms with Crippen LogP contribution >= 0.6 is 0 Å². The molecule has 1 fully saturated rings. The van der Waals surface area contributed by atoms with Crippen molar-refractivity contribution in [2.45, 2.75) is 31.8 Å². The monoisotopic (exact) mass is 505 g/mol. The Morgan fingerprint density at radius 3 is 2.53 bits per heavy atom. The summed E-state index contributed by atoms with van der Waals surface area (Å²) >= 11 is 0. The second-order valence-corrected chi connectivity index (χ2v) is 10.2. The van der Waals surface area contributed by atoms with Gasteiger partial charge in [-0.1, -0.05) is 18.2 Å². The molecule has 2 aromatic carbocycles. The first kappa shape index (κ1) is 23.9. The van der Waals surface area contributed by atoms with Gasteiger partial charge in [0.2, 0.25) is 5.88 Å². The summed E-state index contributed by atoms with van der Waals surface area (Å²) in [5, 5.41) is 10.4. The number of nitriles is 1. The van der Waals surface area contributed by atoms with Crippen molar-refractivity contribution >= 4 is 21.9 Å². The fraction of sp³-hybridized carbons (Fsp3) is 0.267. The average molecular weight is 506 g/mol. The molecule has 1 atom stereocenters. The van der Waals surface area contributed by atoms with Crippen molar-refractivity contribution < 1.29 is 9.47 Å². The Labute approximate surface area is 219 Å². The van der Waals surface area contributed by atoms with Gasteiger partial charge in [-0.3, -0.25) is 14.1 Å². The van der Waals surface area contributed by atoms with E-state index in [1.165, 1.54) is 0 Å². The summed E-state index contributed by atoms with van der Waals surface area (Å²) in [6, 6.07) is 19.8. The van der Waals surface area contributed by atoms with Crippen molar-refractivity contribution in [1.82, 2.24) is 19.1 Å². The third-order valence-corrected chi connectivity index (χ3v) is 7.26. The molecular formula is C30H27N5O3. The highest BCUT2D eigenvalue weighted by Gasteiger charge is 2.21. The molecule has 6 rings (SSSR count). The van der Waals surface area contributed by atoms with E-state index in [-0.39, 0.29) is 11.8 Å². The third-order valence-electron chi connectivity index (χ3n) is 7.26. The summed E-state index contributed by atoms with van der Waals surface area (Å²) in [6.07, 6.45) is 4.45. The minimum atomic E-state index is -0.618. The molecule has 1 unspecified atom stereocenters. The van der Waals surface area contributed by atoms with Gasteiger partial charge in [0.15, 0.2) is 0 Å². The molecular weight excluding hydrogens is 478 g/mol. The summed E-state index contributed by atoms with van der Waals surface area (Å²) in [7, 11) is 1.75. The summed E-state index contributed by atoms with van der Waals surface area (Å²) < 4.78 is 14.6. The molecule has 0 spiro atoms. The van der Waals surface area contributed by atoms with Crippen LogP contribution in [0.15, 0.2) is 71.8 Å². The van der Waals surface area contributed by atoms with Gasteiger partial charge in [-0.15, -0.1) is 0 Å². The molecule has 8 nitrogen and oxygen atoms in total. The summed E-state index contributed by atoms with van der Waals surface area (Å²) in [6.45, 7) is 5.07. The first-order valence-electron chi connectivity index (χ1n) is 12.6. The number of rotatable bonds is 5. The Bertz CT molecular complexity index is 1750. The molecule has 0 bridgehead atoms. The number of pyridine rings is 2. The van der Waals surface area contributed by atoms with Gasteiger partial charge in [-0.25, -0.2) is 9.78 Å². The van der Waals surface area contributed by atoms with E-state index in [1.54, 1.807) is 28.6 Å².